The molecule has 2 N–H and O–H groups in total. The van der Waals surface area contributed by atoms with E-state index in [9.17, 15) is 18.0 Å². The van der Waals surface area contributed by atoms with E-state index in [0.29, 0.717) is 22.7 Å². The SMILES string of the molecule is COc1ccccc1NC(=O)C(C)OC(=O)c1ccc(C)c(S(=O)(=O)Nc2ccc(C)cc2)c1. The lowest BCUT2D eigenvalue weighted by atomic mass is 10.1. The first-order valence-electron chi connectivity index (χ1n) is 10.5. The molecule has 0 bridgehead atoms. The van der Waals surface area contributed by atoms with Crippen molar-refractivity contribution in [1.82, 2.24) is 0 Å². The van der Waals surface area contributed by atoms with Crippen LogP contribution in [0.2, 0.25) is 0 Å². The zero-order valence-electron chi connectivity index (χ0n) is 19.3. The van der Waals surface area contributed by atoms with Crippen LogP contribution in [0.4, 0.5) is 11.4 Å². The van der Waals surface area contributed by atoms with Crippen LogP contribution in [-0.4, -0.2) is 33.5 Å². The number of carbonyl (C=O) groups is 2. The Hall–Kier alpha value is -3.85. The largest absolute Gasteiger partial charge is 0.495 e. The Balaban J connectivity index is 1.74. The summed E-state index contributed by atoms with van der Waals surface area (Å²) in [5.74, 6) is -0.919. The Kier molecular flexibility index (Phi) is 7.57. The van der Waals surface area contributed by atoms with Gasteiger partial charge in [-0.05, 0) is 62.7 Å². The second kappa shape index (κ2) is 10.4. The molecule has 3 aromatic rings. The summed E-state index contributed by atoms with van der Waals surface area (Å²) in [6, 6.07) is 17.9. The van der Waals surface area contributed by atoms with Gasteiger partial charge in [-0.2, -0.15) is 0 Å². The second-order valence-electron chi connectivity index (χ2n) is 7.69. The van der Waals surface area contributed by atoms with E-state index in [0.717, 1.165) is 5.56 Å². The quantitative estimate of drug-likeness (QED) is 0.463. The summed E-state index contributed by atoms with van der Waals surface area (Å²) in [7, 11) is -2.48. The van der Waals surface area contributed by atoms with Crippen molar-refractivity contribution in [1.29, 1.82) is 0 Å². The topological polar surface area (TPSA) is 111 Å². The predicted molar refractivity (Wildman–Crippen MR) is 130 cm³/mol. The van der Waals surface area contributed by atoms with Gasteiger partial charge in [-0.1, -0.05) is 35.9 Å². The molecule has 0 radical (unpaired) electrons. The zero-order chi connectivity index (χ0) is 24.9. The van der Waals surface area contributed by atoms with Crippen LogP contribution in [0, 0.1) is 13.8 Å². The summed E-state index contributed by atoms with van der Waals surface area (Å²) >= 11 is 0. The fourth-order valence-corrected chi connectivity index (χ4v) is 4.44. The molecular formula is C25H26N2O6S. The van der Waals surface area contributed by atoms with Gasteiger partial charge in [0.05, 0.1) is 23.3 Å². The minimum absolute atomic E-state index is 0.00632. The minimum atomic E-state index is -3.96. The Morgan fingerprint density at radius 1 is 0.941 bits per heavy atom. The Labute approximate surface area is 199 Å². The first-order chi connectivity index (χ1) is 16.1. The second-order valence-corrected chi connectivity index (χ2v) is 9.34. The van der Waals surface area contributed by atoms with E-state index in [-0.39, 0.29) is 10.5 Å². The van der Waals surface area contributed by atoms with E-state index in [1.165, 1.54) is 32.2 Å². The first kappa shape index (κ1) is 24.8. The van der Waals surface area contributed by atoms with Crippen molar-refractivity contribution in [3.63, 3.8) is 0 Å². The standard InChI is InChI=1S/C25H26N2O6S/c1-16-9-13-20(14-10-16)27-34(30,31)23-15-19(12-11-17(23)2)25(29)33-18(3)24(28)26-21-7-5-6-8-22(21)32-4/h5-15,18,27H,1-4H3,(H,26,28). The maximum atomic E-state index is 12.9. The van der Waals surface area contributed by atoms with Crippen LogP contribution in [0.5, 0.6) is 5.75 Å². The van der Waals surface area contributed by atoms with Crippen LogP contribution < -0.4 is 14.8 Å². The molecule has 1 atom stereocenters. The lowest BCUT2D eigenvalue weighted by Gasteiger charge is -2.16. The van der Waals surface area contributed by atoms with Crippen molar-refractivity contribution >= 4 is 33.3 Å². The van der Waals surface area contributed by atoms with Gasteiger partial charge < -0.3 is 14.8 Å². The Morgan fingerprint density at radius 2 is 1.62 bits per heavy atom. The molecule has 9 heteroatoms. The number of aryl methyl sites for hydroxylation is 2. The number of benzene rings is 3. The smallest absolute Gasteiger partial charge is 0.338 e. The molecule has 0 aliphatic carbocycles. The highest BCUT2D eigenvalue weighted by atomic mass is 32.2. The monoisotopic (exact) mass is 482 g/mol. The fourth-order valence-electron chi connectivity index (χ4n) is 3.11. The maximum Gasteiger partial charge on any atom is 0.338 e. The van der Waals surface area contributed by atoms with Gasteiger partial charge in [0.1, 0.15) is 5.75 Å². The molecular weight excluding hydrogens is 456 g/mol. The molecule has 178 valence electrons. The Bertz CT molecular complexity index is 1300. The fraction of sp³-hybridized carbons (Fsp3) is 0.200. The third-order valence-electron chi connectivity index (χ3n) is 5.04. The number of para-hydroxylation sites is 2. The zero-order valence-corrected chi connectivity index (χ0v) is 20.1. The number of methoxy groups -OCH3 is 1. The van der Waals surface area contributed by atoms with Crippen molar-refractivity contribution in [2.75, 3.05) is 17.1 Å². The number of hydrogen-bond donors (Lipinski definition) is 2. The average molecular weight is 483 g/mol. The van der Waals surface area contributed by atoms with Crippen LogP contribution in [0.3, 0.4) is 0 Å². The van der Waals surface area contributed by atoms with Gasteiger partial charge >= 0.3 is 5.97 Å². The molecule has 0 aliphatic heterocycles. The normalized spacial score (nSPS) is 11.9. The van der Waals surface area contributed by atoms with Gasteiger partial charge in [0.25, 0.3) is 15.9 Å². The summed E-state index contributed by atoms with van der Waals surface area (Å²) < 4.78 is 38.9. The van der Waals surface area contributed by atoms with Crippen molar-refractivity contribution < 1.29 is 27.5 Å². The van der Waals surface area contributed by atoms with Gasteiger partial charge in [-0.15, -0.1) is 0 Å². The van der Waals surface area contributed by atoms with Crippen molar-refractivity contribution in [3.8, 4) is 5.75 Å². The molecule has 0 heterocycles. The summed E-state index contributed by atoms with van der Waals surface area (Å²) in [6.45, 7) is 4.95. The molecule has 0 fully saturated rings. The van der Waals surface area contributed by atoms with Crippen LogP contribution >= 0.6 is 0 Å². The van der Waals surface area contributed by atoms with Crippen molar-refractivity contribution in [2.24, 2.45) is 0 Å². The Morgan fingerprint density at radius 3 is 2.29 bits per heavy atom. The number of sulfonamides is 1. The van der Waals surface area contributed by atoms with Crippen molar-refractivity contribution in [2.45, 2.75) is 31.8 Å². The number of amides is 1. The molecule has 34 heavy (non-hydrogen) atoms. The predicted octanol–water partition coefficient (Wildman–Crippen LogP) is 4.30. The highest BCUT2D eigenvalue weighted by Gasteiger charge is 2.23. The van der Waals surface area contributed by atoms with E-state index in [4.69, 9.17) is 9.47 Å². The molecule has 8 nitrogen and oxygen atoms in total. The third kappa shape index (κ3) is 5.93. The first-order valence-corrected chi connectivity index (χ1v) is 11.9. The molecule has 1 amide bonds. The number of carbonyl (C=O) groups excluding carboxylic acids is 2. The lowest BCUT2D eigenvalue weighted by Crippen LogP contribution is -2.30. The average Bonchev–Trinajstić information content (AvgIpc) is 2.80. The van der Waals surface area contributed by atoms with Crippen LogP contribution in [-0.2, 0) is 19.6 Å². The van der Waals surface area contributed by atoms with Crippen LogP contribution in [0.15, 0.2) is 71.6 Å². The number of nitrogens with one attached hydrogen (secondary N) is 2. The van der Waals surface area contributed by atoms with E-state index in [1.807, 2.05) is 6.92 Å². The summed E-state index contributed by atoms with van der Waals surface area (Å²) in [5, 5.41) is 2.65. The highest BCUT2D eigenvalue weighted by molar-refractivity contribution is 7.92. The van der Waals surface area contributed by atoms with Gasteiger partial charge in [-0.25, -0.2) is 13.2 Å². The number of ether oxygens (including phenoxy) is 2. The molecule has 3 rings (SSSR count). The van der Waals surface area contributed by atoms with Gasteiger partial charge in [0.2, 0.25) is 0 Å². The van der Waals surface area contributed by atoms with E-state index in [2.05, 4.69) is 10.0 Å². The van der Waals surface area contributed by atoms with E-state index < -0.39 is 28.0 Å². The molecule has 0 aliphatic rings. The molecule has 1 unspecified atom stereocenters. The highest BCUT2D eigenvalue weighted by Crippen LogP contribution is 2.24. The van der Waals surface area contributed by atoms with Gasteiger partial charge in [0, 0.05) is 5.69 Å². The number of esters is 1. The van der Waals surface area contributed by atoms with E-state index in [1.54, 1.807) is 55.5 Å². The molecule has 0 saturated carbocycles. The number of anilines is 2. The third-order valence-corrected chi connectivity index (χ3v) is 6.56. The van der Waals surface area contributed by atoms with Gasteiger partial charge in [-0.3, -0.25) is 9.52 Å². The number of hydrogen-bond acceptors (Lipinski definition) is 6. The van der Waals surface area contributed by atoms with Gasteiger partial charge in [0.15, 0.2) is 6.10 Å². The van der Waals surface area contributed by atoms with Crippen LogP contribution in [0.25, 0.3) is 0 Å². The maximum absolute atomic E-state index is 12.9. The molecule has 0 spiro atoms. The molecule has 0 aromatic heterocycles. The summed E-state index contributed by atoms with van der Waals surface area (Å²) in [6.07, 6.45) is -1.13. The summed E-state index contributed by atoms with van der Waals surface area (Å²) in [4.78, 5) is 25.1. The minimum Gasteiger partial charge on any atom is -0.495 e. The lowest BCUT2D eigenvalue weighted by molar-refractivity contribution is -0.123. The molecule has 3 aromatic carbocycles. The van der Waals surface area contributed by atoms with E-state index >= 15 is 0 Å². The van der Waals surface area contributed by atoms with Crippen LogP contribution in [0.1, 0.15) is 28.4 Å². The number of rotatable bonds is 8. The van der Waals surface area contributed by atoms with Crippen molar-refractivity contribution in [3.05, 3.63) is 83.4 Å². The molecule has 0 saturated heterocycles. The summed E-state index contributed by atoms with van der Waals surface area (Å²) in [5.41, 5.74) is 2.29.